The number of nitriles is 1. The molecule has 0 bridgehead atoms. The average molecular weight is 260 g/mol. The molecule has 1 aromatic carbocycles. The van der Waals surface area contributed by atoms with Crippen LogP contribution in [0.5, 0.6) is 0 Å². The van der Waals surface area contributed by atoms with Crippen LogP contribution in [0.3, 0.4) is 0 Å². The van der Waals surface area contributed by atoms with E-state index in [0.717, 1.165) is 17.8 Å². The molecule has 0 radical (unpaired) electrons. The lowest BCUT2D eigenvalue weighted by Gasteiger charge is -2.20. The summed E-state index contributed by atoms with van der Waals surface area (Å²) in [5.41, 5.74) is 2.56. The van der Waals surface area contributed by atoms with E-state index in [1.165, 1.54) is 0 Å². The molecule has 0 aliphatic carbocycles. The molecule has 1 rings (SSSR count). The predicted octanol–water partition coefficient (Wildman–Crippen LogP) is 0.850. The van der Waals surface area contributed by atoms with Crippen LogP contribution in [-0.4, -0.2) is 33.6 Å². The van der Waals surface area contributed by atoms with Gasteiger partial charge in [0.05, 0.1) is 11.3 Å². The highest BCUT2D eigenvalue weighted by atomic mass is 16.1. The summed E-state index contributed by atoms with van der Waals surface area (Å²) in [5.74, 6) is -0.00263. The Labute approximate surface area is 114 Å². The second-order valence-corrected chi connectivity index (χ2v) is 4.34. The van der Waals surface area contributed by atoms with Crippen LogP contribution in [0, 0.1) is 11.3 Å². The highest BCUT2D eigenvalue weighted by Gasteiger charge is 2.09. The van der Waals surface area contributed by atoms with E-state index >= 15 is 0 Å². The van der Waals surface area contributed by atoms with E-state index in [2.05, 4.69) is 16.7 Å². The number of hydrogen-bond donors (Lipinski definition) is 2. The molecule has 0 atom stereocenters. The lowest BCUT2D eigenvalue weighted by molar-refractivity contribution is -0.120. The first-order chi connectivity index (χ1) is 9.12. The van der Waals surface area contributed by atoms with Gasteiger partial charge in [-0.1, -0.05) is 6.07 Å². The second-order valence-electron chi connectivity index (χ2n) is 4.34. The molecule has 0 aliphatic heterocycles. The van der Waals surface area contributed by atoms with Crippen molar-refractivity contribution in [3.8, 4) is 6.07 Å². The maximum absolute atomic E-state index is 11.2. The Morgan fingerprint density at radius 3 is 2.74 bits per heavy atom. The molecule has 0 fully saturated rings. The van der Waals surface area contributed by atoms with E-state index in [4.69, 9.17) is 0 Å². The molecular weight excluding hydrogens is 240 g/mol. The van der Waals surface area contributed by atoms with Gasteiger partial charge in [0.15, 0.2) is 0 Å². The highest BCUT2D eigenvalue weighted by Crippen LogP contribution is 2.20. The van der Waals surface area contributed by atoms with Gasteiger partial charge in [-0.2, -0.15) is 5.26 Å². The average Bonchev–Trinajstić information content (AvgIpc) is 2.44. The SMILES string of the molecule is CNCc1ccc(N(C)CCC(=O)NC)c(C#N)c1. The fourth-order valence-electron chi connectivity index (χ4n) is 1.83. The van der Waals surface area contributed by atoms with Crippen LogP contribution in [0.15, 0.2) is 18.2 Å². The fourth-order valence-corrected chi connectivity index (χ4v) is 1.83. The molecule has 0 heterocycles. The second kappa shape index (κ2) is 7.39. The Balaban J connectivity index is 2.82. The Morgan fingerprint density at radius 2 is 2.16 bits per heavy atom. The van der Waals surface area contributed by atoms with Crippen molar-refractivity contribution in [2.75, 3.05) is 32.6 Å². The van der Waals surface area contributed by atoms with Crippen molar-refractivity contribution >= 4 is 11.6 Å². The Morgan fingerprint density at radius 1 is 1.42 bits per heavy atom. The van der Waals surface area contributed by atoms with Crippen LogP contribution >= 0.6 is 0 Å². The largest absolute Gasteiger partial charge is 0.373 e. The summed E-state index contributed by atoms with van der Waals surface area (Å²) in [5, 5.41) is 14.9. The smallest absolute Gasteiger partial charge is 0.221 e. The number of nitrogens with one attached hydrogen (secondary N) is 2. The minimum absolute atomic E-state index is 0.00263. The van der Waals surface area contributed by atoms with Crippen molar-refractivity contribution in [2.24, 2.45) is 0 Å². The van der Waals surface area contributed by atoms with Gasteiger partial charge in [-0.3, -0.25) is 4.79 Å². The minimum Gasteiger partial charge on any atom is -0.373 e. The molecule has 0 unspecified atom stereocenters. The maximum Gasteiger partial charge on any atom is 0.221 e. The van der Waals surface area contributed by atoms with E-state index in [1.54, 1.807) is 7.05 Å². The zero-order valence-corrected chi connectivity index (χ0v) is 11.7. The normalized spacial score (nSPS) is 9.79. The molecule has 102 valence electrons. The van der Waals surface area contributed by atoms with Gasteiger partial charge in [-0.05, 0) is 24.7 Å². The Hall–Kier alpha value is -2.06. The van der Waals surface area contributed by atoms with E-state index in [0.29, 0.717) is 18.5 Å². The first-order valence-corrected chi connectivity index (χ1v) is 6.21. The number of rotatable bonds is 6. The molecule has 0 spiro atoms. The summed E-state index contributed by atoms with van der Waals surface area (Å²) in [6, 6.07) is 8.00. The van der Waals surface area contributed by atoms with Gasteiger partial charge in [-0.25, -0.2) is 0 Å². The van der Waals surface area contributed by atoms with E-state index in [9.17, 15) is 10.1 Å². The van der Waals surface area contributed by atoms with Crippen molar-refractivity contribution in [3.63, 3.8) is 0 Å². The van der Waals surface area contributed by atoms with Gasteiger partial charge < -0.3 is 15.5 Å². The number of anilines is 1. The summed E-state index contributed by atoms with van der Waals surface area (Å²) in [4.78, 5) is 13.2. The molecule has 1 aromatic rings. The van der Waals surface area contributed by atoms with Crippen molar-refractivity contribution in [3.05, 3.63) is 29.3 Å². The summed E-state index contributed by atoms with van der Waals surface area (Å²) >= 11 is 0. The van der Waals surface area contributed by atoms with Gasteiger partial charge in [0, 0.05) is 33.6 Å². The van der Waals surface area contributed by atoms with Gasteiger partial charge in [0.1, 0.15) is 6.07 Å². The van der Waals surface area contributed by atoms with Crippen molar-refractivity contribution in [1.29, 1.82) is 5.26 Å². The number of nitrogens with zero attached hydrogens (tertiary/aromatic N) is 2. The number of hydrogen-bond acceptors (Lipinski definition) is 4. The third-order valence-electron chi connectivity index (χ3n) is 2.93. The van der Waals surface area contributed by atoms with Gasteiger partial charge in [0.25, 0.3) is 0 Å². The first kappa shape index (κ1) is 15.0. The standard InChI is InChI=1S/C14H20N4O/c1-16-10-11-4-5-13(12(8-11)9-15)18(3)7-6-14(19)17-2/h4-5,8,16H,6-7,10H2,1-3H3,(H,17,19). The minimum atomic E-state index is -0.00263. The first-order valence-electron chi connectivity index (χ1n) is 6.21. The summed E-state index contributed by atoms with van der Waals surface area (Å²) < 4.78 is 0. The van der Waals surface area contributed by atoms with Gasteiger partial charge in [-0.15, -0.1) is 0 Å². The van der Waals surface area contributed by atoms with Crippen LogP contribution in [0.25, 0.3) is 0 Å². The van der Waals surface area contributed by atoms with Crippen LogP contribution in [0.4, 0.5) is 5.69 Å². The molecular formula is C14H20N4O. The Kier molecular flexibility index (Phi) is 5.83. The lowest BCUT2D eigenvalue weighted by Crippen LogP contribution is -2.26. The summed E-state index contributed by atoms with van der Waals surface area (Å²) in [6.07, 6.45) is 0.413. The molecule has 5 heteroatoms. The molecule has 19 heavy (non-hydrogen) atoms. The third kappa shape index (κ3) is 4.27. The monoisotopic (exact) mass is 260 g/mol. The molecule has 1 amide bonds. The third-order valence-corrected chi connectivity index (χ3v) is 2.93. The molecule has 0 saturated heterocycles. The van der Waals surface area contributed by atoms with Crippen molar-refractivity contribution in [1.82, 2.24) is 10.6 Å². The fraction of sp³-hybridized carbons (Fsp3) is 0.429. The quantitative estimate of drug-likeness (QED) is 0.795. The number of amides is 1. The van der Waals surface area contributed by atoms with Gasteiger partial charge in [0.2, 0.25) is 5.91 Å². The molecule has 0 aliphatic rings. The van der Waals surface area contributed by atoms with Crippen LogP contribution in [0.1, 0.15) is 17.5 Å². The van der Waals surface area contributed by atoms with E-state index in [-0.39, 0.29) is 5.91 Å². The van der Waals surface area contributed by atoms with Crippen molar-refractivity contribution < 1.29 is 4.79 Å². The van der Waals surface area contributed by atoms with Crippen LogP contribution in [-0.2, 0) is 11.3 Å². The molecule has 2 N–H and O–H groups in total. The van der Waals surface area contributed by atoms with Crippen LogP contribution in [0.2, 0.25) is 0 Å². The topological polar surface area (TPSA) is 68.2 Å². The highest BCUT2D eigenvalue weighted by molar-refractivity contribution is 5.76. The summed E-state index contributed by atoms with van der Waals surface area (Å²) in [6.45, 7) is 1.32. The van der Waals surface area contributed by atoms with Crippen LogP contribution < -0.4 is 15.5 Å². The zero-order chi connectivity index (χ0) is 14.3. The number of carbonyl (C=O) groups excluding carboxylic acids is 1. The lowest BCUT2D eigenvalue weighted by atomic mass is 10.1. The molecule has 0 aromatic heterocycles. The summed E-state index contributed by atoms with van der Waals surface area (Å²) in [7, 11) is 5.38. The van der Waals surface area contributed by atoms with E-state index in [1.807, 2.05) is 37.2 Å². The van der Waals surface area contributed by atoms with Gasteiger partial charge >= 0.3 is 0 Å². The van der Waals surface area contributed by atoms with Crippen molar-refractivity contribution in [2.45, 2.75) is 13.0 Å². The molecule has 0 saturated carbocycles. The predicted molar refractivity (Wildman–Crippen MR) is 75.9 cm³/mol. The Bertz CT molecular complexity index is 479. The molecule has 5 nitrogen and oxygen atoms in total. The number of carbonyl (C=O) groups is 1. The maximum atomic E-state index is 11.2. The van der Waals surface area contributed by atoms with E-state index < -0.39 is 0 Å². The zero-order valence-electron chi connectivity index (χ0n) is 11.7. The number of benzene rings is 1.